The first-order valence-electron chi connectivity index (χ1n) is 8.25. The van der Waals surface area contributed by atoms with Crippen molar-refractivity contribution in [3.05, 3.63) is 44.8 Å². The van der Waals surface area contributed by atoms with Gasteiger partial charge in [-0.2, -0.15) is 4.98 Å². The van der Waals surface area contributed by atoms with Crippen molar-refractivity contribution in [1.82, 2.24) is 20.7 Å². The predicted octanol–water partition coefficient (Wildman–Crippen LogP) is 4.54. The number of unbranched alkanes of at least 4 members (excludes halogenated alkanes) is 1. The Hall–Kier alpha value is -1.96. The molecule has 1 heterocycles. The van der Waals surface area contributed by atoms with Crippen LogP contribution in [0.25, 0.3) is 0 Å². The molecule has 2 aromatic rings. The summed E-state index contributed by atoms with van der Waals surface area (Å²) in [6.45, 7) is 5.14. The van der Waals surface area contributed by atoms with Crippen LogP contribution in [0.5, 0.6) is 5.75 Å². The molecule has 0 unspecified atom stereocenters. The van der Waals surface area contributed by atoms with Crippen LogP contribution < -0.4 is 20.9 Å². The lowest BCUT2D eigenvalue weighted by Gasteiger charge is -2.11. The molecule has 0 saturated heterocycles. The quantitative estimate of drug-likeness (QED) is 0.247. The summed E-state index contributed by atoms with van der Waals surface area (Å²) in [6, 6.07) is 5.63. The molecule has 0 saturated carbocycles. The number of aromatic nitrogens is 2. The van der Waals surface area contributed by atoms with E-state index in [1.165, 1.54) is 5.56 Å². The summed E-state index contributed by atoms with van der Waals surface area (Å²) in [5, 5.41) is 2.66. The standard InChI is InChI=1S/C17H20Cl3N5O2/c1-10-5-6-12(11(2)9-10)27-8-4-3-7-21-17(26)25-24-15-13(18)14(19)22-16(20)23-15/h5-6,9H,3-4,7-8H2,1-2H3,(H2,21,25,26)(H,22,23,24). The SMILES string of the molecule is Cc1ccc(OCCCCNC(=O)NNc2nc(Cl)nc(Cl)c2Cl)c(C)c1. The fraction of sp³-hybridized carbons (Fsp3) is 0.353. The summed E-state index contributed by atoms with van der Waals surface area (Å²) in [5.74, 6) is 0.994. The Bertz CT molecular complexity index is 804. The maximum Gasteiger partial charge on any atom is 0.333 e. The molecule has 0 aliphatic heterocycles. The smallest absolute Gasteiger partial charge is 0.333 e. The molecule has 0 aliphatic rings. The van der Waals surface area contributed by atoms with Crippen LogP contribution in [0.2, 0.25) is 15.5 Å². The summed E-state index contributed by atoms with van der Waals surface area (Å²) in [7, 11) is 0. The number of hydrazine groups is 1. The number of nitrogens with zero attached hydrogens (tertiary/aromatic N) is 2. The van der Waals surface area contributed by atoms with Crippen LogP contribution in [0.1, 0.15) is 24.0 Å². The molecular formula is C17H20Cl3N5O2. The van der Waals surface area contributed by atoms with Crippen molar-refractivity contribution in [2.45, 2.75) is 26.7 Å². The zero-order chi connectivity index (χ0) is 19.8. The zero-order valence-electron chi connectivity index (χ0n) is 14.9. The van der Waals surface area contributed by atoms with E-state index >= 15 is 0 Å². The molecule has 2 rings (SSSR count). The number of nitrogens with one attached hydrogen (secondary N) is 3. The minimum absolute atomic E-state index is 0.00908. The first-order valence-corrected chi connectivity index (χ1v) is 9.38. The van der Waals surface area contributed by atoms with Gasteiger partial charge in [0, 0.05) is 6.54 Å². The average Bonchev–Trinajstić information content (AvgIpc) is 2.61. The molecule has 1 aromatic carbocycles. The number of benzene rings is 1. The van der Waals surface area contributed by atoms with Crippen LogP contribution in [-0.4, -0.2) is 29.2 Å². The van der Waals surface area contributed by atoms with Gasteiger partial charge in [0.2, 0.25) is 5.28 Å². The van der Waals surface area contributed by atoms with E-state index in [1.54, 1.807) is 0 Å². The lowest BCUT2D eigenvalue weighted by Crippen LogP contribution is -2.39. The largest absolute Gasteiger partial charge is 0.493 e. The maximum absolute atomic E-state index is 11.8. The van der Waals surface area contributed by atoms with Gasteiger partial charge < -0.3 is 10.1 Å². The molecule has 2 amide bonds. The summed E-state index contributed by atoms with van der Waals surface area (Å²) in [5.41, 5.74) is 7.26. The van der Waals surface area contributed by atoms with Gasteiger partial charge in [-0.05, 0) is 49.9 Å². The molecule has 0 bridgehead atoms. The molecule has 0 radical (unpaired) electrons. The fourth-order valence-corrected chi connectivity index (χ4v) is 2.72. The second kappa shape index (κ2) is 10.4. The van der Waals surface area contributed by atoms with Crippen molar-refractivity contribution < 1.29 is 9.53 Å². The fourth-order valence-electron chi connectivity index (χ4n) is 2.21. The van der Waals surface area contributed by atoms with Crippen molar-refractivity contribution in [3.8, 4) is 5.75 Å². The number of carbonyl (C=O) groups is 1. The Kier molecular flexibility index (Phi) is 8.22. The first-order chi connectivity index (χ1) is 12.9. The van der Waals surface area contributed by atoms with E-state index in [2.05, 4.69) is 32.2 Å². The molecule has 10 heteroatoms. The summed E-state index contributed by atoms with van der Waals surface area (Å²) >= 11 is 17.4. The van der Waals surface area contributed by atoms with E-state index in [1.807, 2.05) is 26.0 Å². The van der Waals surface area contributed by atoms with Crippen LogP contribution in [0.3, 0.4) is 0 Å². The van der Waals surface area contributed by atoms with Crippen LogP contribution in [-0.2, 0) is 0 Å². The van der Waals surface area contributed by atoms with Crippen molar-refractivity contribution in [2.24, 2.45) is 0 Å². The number of urea groups is 1. The van der Waals surface area contributed by atoms with Crippen LogP contribution >= 0.6 is 34.8 Å². The van der Waals surface area contributed by atoms with Gasteiger partial charge in [0.25, 0.3) is 0 Å². The number of hydrogen-bond acceptors (Lipinski definition) is 5. The molecule has 1 aromatic heterocycles. The van der Waals surface area contributed by atoms with Crippen LogP contribution in [0.15, 0.2) is 18.2 Å². The van der Waals surface area contributed by atoms with Crippen molar-refractivity contribution in [1.29, 1.82) is 0 Å². The van der Waals surface area contributed by atoms with Crippen molar-refractivity contribution in [2.75, 3.05) is 18.6 Å². The number of rotatable bonds is 8. The topological polar surface area (TPSA) is 88.2 Å². The lowest BCUT2D eigenvalue weighted by molar-refractivity contribution is 0.241. The highest BCUT2D eigenvalue weighted by Crippen LogP contribution is 2.27. The third kappa shape index (κ3) is 6.93. The molecule has 0 spiro atoms. The summed E-state index contributed by atoms with van der Waals surface area (Å²) in [6.07, 6.45) is 1.58. The van der Waals surface area contributed by atoms with Crippen molar-refractivity contribution >= 4 is 46.7 Å². The number of ether oxygens (including phenoxy) is 1. The Labute approximate surface area is 172 Å². The van der Waals surface area contributed by atoms with E-state index < -0.39 is 6.03 Å². The zero-order valence-corrected chi connectivity index (χ0v) is 17.2. The number of anilines is 1. The number of carbonyl (C=O) groups excluding carboxylic acids is 1. The average molecular weight is 433 g/mol. The first kappa shape index (κ1) is 21.3. The molecule has 0 aliphatic carbocycles. The Balaban J connectivity index is 1.62. The van der Waals surface area contributed by atoms with Gasteiger partial charge in [0.1, 0.15) is 10.8 Å². The minimum atomic E-state index is -0.438. The van der Waals surface area contributed by atoms with Gasteiger partial charge in [-0.25, -0.2) is 9.78 Å². The van der Waals surface area contributed by atoms with Gasteiger partial charge >= 0.3 is 6.03 Å². The van der Waals surface area contributed by atoms with E-state index in [4.69, 9.17) is 39.5 Å². The number of aryl methyl sites for hydroxylation is 2. The third-order valence-electron chi connectivity index (χ3n) is 3.52. The van der Waals surface area contributed by atoms with Crippen molar-refractivity contribution in [3.63, 3.8) is 0 Å². The highest BCUT2D eigenvalue weighted by Gasteiger charge is 2.11. The van der Waals surface area contributed by atoms with Gasteiger partial charge in [-0.3, -0.25) is 10.9 Å². The molecule has 3 N–H and O–H groups in total. The number of amides is 2. The van der Waals surface area contributed by atoms with E-state index in [9.17, 15) is 4.79 Å². The second-order valence-electron chi connectivity index (χ2n) is 5.78. The third-order valence-corrected chi connectivity index (χ3v) is 4.42. The van der Waals surface area contributed by atoms with E-state index in [-0.39, 0.29) is 21.3 Å². The van der Waals surface area contributed by atoms with Gasteiger partial charge in [0.05, 0.1) is 6.61 Å². The summed E-state index contributed by atoms with van der Waals surface area (Å²) in [4.78, 5) is 19.3. The van der Waals surface area contributed by atoms with Crippen LogP contribution in [0.4, 0.5) is 10.6 Å². The maximum atomic E-state index is 11.8. The molecule has 146 valence electrons. The second-order valence-corrected chi connectivity index (χ2v) is 6.85. The Morgan fingerprint density at radius 2 is 1.93 bits per heavy atom. The number of hydrogen-bond donors (Lipinski definition) is 3. The monoisotopic (exact) mass is 431 g/mol. The normalized spacial score (nSPS) is 10.4. The Morgan fingerprint density at radius 1 is 1.15 bits per heavy atom. The molecule has 7 nitrogen and oxygen atoms in total. The molecule has 0 fully saturated rings. The van der Waals surface area contributed by atoms with Crippen LogP contribution in [0, 0.1) is 13.8 Å². The number of halogens is 3. The van der Waals surface area contributed by atoms with Gasteiger partial charge in [0.15, 0.2) is 11.0 Å². The minimum Gasteiger partial charge on any atom is -0.493 e. The lowest BCUT2D eigenvalue weighted by atomic mass is 10.1. The van der Waals surface area contributed by atoms with Gasteiger partial charge in [-0.15, -0.1) is 0 Å². The molecular weight excluding hydrogens is 413 g/mol. The highest BCUT2D eigenvalue weighted by atomic mass is 35.5. The molecule has 27 heavy (non-hydrogen) atoms. The Morgan fingerprint density at radius 3 is 2.67 bits per heavy atom. The summed E-state index contributed by atoms with van der Waals surface area (Å²) < 4.78 is 5.75. The highest BCUT2D eigenvalue weighted by molar-refractivity contribution is 6.43. The predicted molar refractivity (Wildman–Crippen MR) is 108 cm³/mol. The van der Waals surface area contributed by atoms with Gasteiger partial charge in [-0.1, -0.05) is 40.9 Å². The van der Waals surface area contributed by atoms with E-state index in [0.717, 1.165) is 24.2 Å². The van der Waals surface area contributed by atoms with E-state index in [0.29, 0.717) is 13.2 Å². The molecule has 0 atom stereocenters.